The van der Waals surface area contributed by atoms with Crippen molar-refractivity contribution < 1.29 is 34.2 Å². The predicted molar refractivity (Wildman–Crippen MR) is 157 cm³/mol. The zero-order valence-corrected chi connectivity index (χ0v) is 23.3. The standard InChI is InChI=1S/C31H35N5O7/c32-23(18-27(33)38)28(39)34-24(16-21-11-13-22(37)14-12-21)29(40)35-25(15-19-7-3-1-4-8-19)30(41)36-26(31(42)43)17-20-9-5-2-6-10-20/h1-14,23-26,37H,15-18,32H2,(H2,33,38)(H,34,39)(H,35,40)(H,36,41)(H,42,43). The van der Waals surface area contributed by atoms with E-state index in [1.165, 1.54) is 12.1 Å². The maximum atomic E-state index is 13.6. The summed E-state index contributed by atoms with van der Waals surface area (Å²) in [5.74, 6) is -4.34. The molecule has 4 amide bonds. The van der Waals surface area contributed by atoms with E-state index in [4.69, 9.17) is 11.5 Å². The number of rotatable bonds is 15. The smallest absolute Gasteiger partial charge is 0.326 e. The summed E-state index contributed by atoms with van der Waals surface area (Å²) in [7, 11) is 0. The number of phenolic OH excluding ortho intramolecular Hbond substituents is 1. The van der Waals surface area contributed by atoms with Crippen molar-refractivity contribution in [3.63, 3.8) is 0 Å². The maximum absolute atomic E-state index is 13.6. The molecule has 4 unspecified atom stereocenters. The van der Waals surface area contributed by atoms with E-state index in [0.717, 1.165) is 0 Å². The van der Waals surface area contributed by atoms with Gasteiger partial charge in [-0.05, 0) is 28.8 Å². The fraction of sp³-hybridized carbons (Fsp3) is 0.258. The molecule has 226 valence electrons. The molecule has 0 saturated carbocycles. The van der Waals surface area contributed by atoms with E-state index in [9.17, 15) is 34.2 Å². The number of hydrogen-bond acceptors (Lipinski definition) is 7. The van der Waals surface area contributed by atoms with Gasteiger partial charge in [0.25, 0.3) is 0 Å². The Hall–Kier alpha value is -5.23. The van der Waals surface area contributed by atoms with Crippen molar-refractivity contribution in [2.45, 2.75) is 49.9 Å². The molecule has 0 aliphatic carbocycles. The Morgan fingerprint density at radius 3 is 1.44 bits per heavy atom. The van der Waals surface area contributed by atoms with E-state index in [2.05, 4.69) is 16.0 Å². The van der Waals surface area contributed by atoms with Crippen LogP contribution in [-0.4, -0.2) is 64.0 Å². The molecule has 9 N–H and O–H groups in total. The number of hydrogen-bond donors (Lipinski definition) is 7. The van der Waals surface area contributed by atoms with Crippen molar-refractivity contribution in [3.05, 3.63) is 102 Å². The summed E-state index contributed by atoms with van der Waals surface area (Å²) in [6.07, 6.45) is -0.453. The lowest BCUT2D eigenvalue weighted by Gasteiger charge is -2.25. The van der Waals surface area contributed by atoms with Crippen molar-refractivity contribution in [1.29, 1.82) is 0 Å². The number of carboxylic acid groups (broad SMARTS) is 1. The SMILES string of the molecule is NC(=O)CC(N)C(=O)NC(Cc1ccc(O)cc1)C(=O)NC(Cc1ccccc1)C(=O)NC(Cc1ccccc1)C(=O)O. The highest BCUT2D eigenvalue weighted by Gasteiger charge is 2.31. The summed E-state index contributed by atoms with van der Waals surface area (Å²) in [5.41, 5.74) is 12.9. The molecule has 12 nitrogen and oxygen atoms in total. The molecular formula is C31H35N5O7. The summed E-state index contributed by atoms with van der Waals surface area (Å²) in [4.78, 5) is 63.1. The Morgan fingerprint density at radius 1 is 0.605 bits per heavy atom. The first kappa shape index (κ1) is 32.3. The highest BCUT2D eigenvalue weighted by molar-refractivity contribution is 5.95. The van der Waals surface area contributed by atoms with Crippen molar-refractivity contribution >= 4 is 29.6 Å². The van der Waals surface area contributed by atoms with E-state index in [-0.39, 0.29) is 25.0 Å². The monoisotopic (exact) mass is 589 g/mol. The second-order valence-electron chi connectivity index (χ2n) is 10.0. The quantitative estimate of drug-likeness (QED) is 0.129. The first-order valence-corrected chi connectivity index (χ1v) is 13.6. The number of nitrogens with one attached hydrogen (secondary N) is 3. The Kier molecular flexibility index (Phi) is 11.8. The second-order valence-corrected chi connectivity index (χ2v) is 10.0. The minimum absolute atomic E-state index is 0.000325. The third-order valence-corrected chi connectivity index (χ3v) is 6.58. The number of aromatic hydroxyl groups is 1. The summed E-state index contributed by atoms with van der Waals surface area (Å²) in [6, 6.07) is 18.5. The molecule has 0 aromatic heterocycles. The average Bonchev–Trinajstić information content (AvgIpc) is 2.97. The summed E-state index contributed by atoms with van der Waals surface area (Å²) in [6.45, 7) is 0. The lowest BCUT2D eigenvalue weighted by molar-refractivity contribution is -0.142. The molecular weight excluding hydrogens is 554 g/mol. The van der Waals surface area contributed by atoms with Crippen molar-refractivity contribution in [2.75, 3.05) is 0 Å². The van der Waals surface area contributed by atoms with Crippen LogP contribution in [0.5, 0.6) is 5.75 Å². The average molecular weight is 590 g/mol. The molecule has 0 heterocycles. The molecule has 43 heavy (non-hydrogen) atoms. The van der Waals surface area contributed by atoms with Gasteiger partial charge in [0.05, 0.1) is 12.5 Å². The number of carbonyl (C=O) groups excluding carboxylic acids is 4. The summed E-state index contributed by atoms with van der Waals surface area (Å²) < 4.78 is 0. The van der Waals surface area contributed by atoms with Crippen LogP contribution in [0.4, 0.5) is 0 Å². The molecule has 3 aromatic rings. The molecule has 0 fully saturated rings. The number of benzene rings is 3. The zero-order valence-electron chi connectivity index (χ0n) is 23.3. The summed E-state index contributed by atoms with van der Waals surface area (Å²) >= 11 is 0. The fourth-order valence-corrected chi connectivity index (χ4v) is 4.32. The van der Waals surface area contributed by atoms with Crippen molar-refractivity contribution in [2.24, 2.45) is 11.5 Å². The molecule has 0 radical (unpaired) electrons. The molecule has 12 heteroatoms. The lowest BCUT2D eigenvalue weighted by Crippen LogP contribution is -2.58. The van der Waals surface area contributed by atoms with Crippen LogP contribution in [0.1, 0.15) is 23.1 Å². The fourth-order valence-electron chi connectivity index (χ4n) is 4.32. The van der Waals surface area contributed by atoms with E-state index >= 15 is 0 Å². The Morgan fingerprint density at radius 2 is 1.00 bits per heavy atom. The van der Waals surface area contributed by atoms with E-state index in [0.29, 0.717) is 16.7 Å². The first-order valence-electron chi connectivity index (χ1n) is 13.6. The van der Waals surface area contributed by atoms with Crippen molar-refractivity contribution in [3.8, 4) is 5.75 Å². The first-order chi connectivity index (χ1) is 20.5. The Balaban J connectivity index is 1.85. The highest BCUT2D eigenvalue weighted by Crippen LogP contribution is 2.13. The molecule has 0 bridgehead atoms. The van der Waals surface area contributed by atoms with Crippen LogP contribution >= 0.6 is 0 Å². The van der Waals surface area contributed by atoms with Gasteiger partial charge >= 0.3 is 5.97 Å². The van der Waals surface area contributed by atoms with E-state index < -0.39 is 60.2 Å². The summed E-state index contributed by atoms with van der Waals surface area (Å²) in [5, 5.41) is 27.1. The molecule has 4 atom stereocenters. The lowest BCUT2D eigenvalue weighted by atomic mass is 10.0. The zero-order chi connectivity index (χ0) is 31.4. The number of nitrogens with two attached hydrogens (primary N) is 2. The number of carboxylic acids is 1. The number of primary amides is 1. The topological polar surface area (TPSA) is 214 Å². The molecule has 3 aromatic carbocycles. The number of aliphatic carboxylic acids is 1. The Bertz CT molecular complexity index is 1400. The molecule has 0 saturated heterocycles. The van der Waals surface area contributed by atoms with Crippen molar-refractivity contribution in [1.82, 2.24) is 16.0 Å². The molecule has 0 aliphatic rings. The Labute approximate surface area is 248 Å². The van der Waals surface area contributed by atoms with Gasteiger partial charge in [0.15, 0.2) is 0 Å². The van der Waals surface area contributed by atoms with Gasteiger partial charge < -0.3 is 37.6 Å². The largest absolute Gasteiger partial charge is 0.508 e. The maximum Gasteiger partial charge on any atom is 0.326 e. The second kappa shape index (κ2) is 15.7. The van der Waals surface area contributed by atoms with Crippen LogP contribution < -0.4 is 27.4 Å². The number of amides is 4. The highest BCUT2D eigenvalue weighted by atomic mass is 16.4. The van der Waals surface area contributed by atoms with Crippen LogP contribution in [0.3, 0.4) is 0 Å². The minimum atomic E-state index is -1.31. The van der Waals surface area contributed by atoms with E-state index in [1.54, 1.807) is 72.8 Å². The van der Waals surface area contributed by atoms with Gasteiger partial charge in [-0.3, -0.25) is 19.2 Å². The number of carbonyl (C=O) groups is 5. The van der Waals surface area contributed by atoms with Gasteiger partial charge in [-0.15, -0.1) is 0 Å². The predicted octanol–water partition coefficient (Wildman–Crippen LogP) is 0.162. The van der Waals surface area contributed by atoms with Crippen LogP contribution in [0, 0.1) is 0 Å². The minimum Gasteiger partial charge on any atom is -0.508 e. The molecule has 0 spiro atoms. The van der Waals surface area contributed by atoms with Gasteiger partial charge in [-0.25, -0.2) is 4.79 Å². The van der Waals surface area contributed by atoms with Crippen LogP contribution in [-0.2, 0) is 43.2 Å². The molecule has 0 aliphatic heterocycles. The number of phenols is 1. The van der Waals surface area contributed by atoms with Gasteiger partial charge in [0.1, 0.15) is 23.9 Å². The van der Waals surface area contributed by atoms with Crippen LogP contribution in [0.25, 0.3) is 0 Å². The van der Waals surface area contributed by atoms with Gasteiger partial charge in [-0.2, -0.15) is 0 Å². The van der Waals surface area contributed by atoms with Gasteiger partial charge in [0, 0.05) is 19.3 Å². The van der Waals surface area contributed by atoms with Crippen LogP contribution in [0.15, 0.2) is 84.9 Å². The van der Waals surface area contributed by atoms with Gasteiger partial charge in [0.2, 0.25) is 23.6 Å². The van der Waals surface area contributed by atoms with E-state index in [1.807, 2.05) is 0 Å². The third kappa shape index (κ3) is 10.6. The van der Waals surface area contributed by atoms with Crippen LogP contribution in [0.2, 0.25) is 0 Å². The third-order valence-electron chi connectivity index (χ3n) is 6.58. The van der Waals surface area contributed by atoms with Gasteiger partial charge in [-0.1, -0.05) is 72.8 Å². The normalized spacial score (nSPS) is 13.5. The molecule has 3 rings (SSSR count).